The average Bonchev–Trinajstić information content (AvgIpc) is 3.13. The Hall–Kier alpha value is -2.28. The second-order valence-corrected chi connectivity index (χ2v) is 7.32. The van der Waals surface area contributed by atoms with Gasteiger partial charge in [0.1, 0.15) is 0 Å². The number of aromatic nitrogens is 3. The van der Waals surface area contributed by atoms with Crippen molar-refractivity contribution in [3.8, 4) is 0 Å². The first-order chi connectivity index (χ1) is 12.5. The van der Waals surface area contributed by atoms with E-state index in [-0.39, 0.29) is 17.7 Å². The molecule has 0 unspecified atom stereocenters. The van der Waals surface area contributed by atoms with Crippen LogP contribution in [0, 0.1) is 0 Å². The lowest BCUT2D eigenvalue weighted by Crippen LogP contribution is -2.43. The summed E-state index contributed by atoms with van der Waals surface area (Å²) in [7, 11) is 1.95. The van der Waals surface area contributed by atoms with E-state index in [1.807, 2.05) is 48.9 Å². The maximum atomic E-state index is 12.7. The fraction of sp³-hybridized carbons (Fsp3) is 0.579. The Bertz CT molecular complexity index is 716. The fourth-order valence-corrected chi connectivity index (χ4v) is 3.21. The number of carbonyl (C=O) groups excluding carboxylic acids is 1. The second kappa shape index (κ2) is 8.40. The van der Waals surface area contributed by atoms with Crippen LogP contribution in [0.2, 0.25) is 0 Å². The monoisotopic (exact) mass is 357 g/mol. The van der Waals surface area contributed by atoms with E-state index in [4.69, 9.17) is 4.52 Å². The molecule has 1 saturated heterocycles. The quantitative estimate of drug-likeness (QED) is 0.790. The van der Waals surface area contributed by atoms with Gasteiger partial charge in [-0.05, 0) is 32.0 Å². The zero-order valence-corrected chi connectivity index (χ0v) is 15.8. The maximum absolute atomic E-state index is 12.7. The van der Waals surface area contributed by atoms with Crippen molar-refractivity contribution in [2.45, 2.75) is 45.1 Å². The van der Waals surface area contributed by atoms with Crippen molar-refractivity contribution >= 4 is 5.91 Å². The molecule has 1 aliphatic rings. The molecule has 0 aromatic carbocycles. The summed E-state index contributed by atoms with van der Waals surface area (Å²) in [4.78, 5) is 25.4. The van der Waals surface area contributed by atoms with E-state index in [1.165, 1.54) is 0 Å². The van der Waals surface area contributed by atoms with Crippen LogP contribution in [0.4, 0.5) is 0 Å². The molecule has 3 rings (SSSR count). The smallest absolute Gasteiger partial charge is 0.236 e. The van der Waals surface area contributed by atoms with Gasteiger partial charge in [0.15, 0.2) is 5.82 Å². The number of pyridine rings is 1. The highest BCUT2D eigenvalue weighted by molar-refractivity contribution is 5.78. The van der Waals surface area contributed by atoms with Crippen molar-refractivity contribution in [2.24, 2.45) is 0 Å². The number of amides is 1. The summed E-state index contributed by atoms with van der Waals surface area (Å²) in [5.41, 5.74) is 0.964. The summed E-state index contributed by atoms with van der Waals surface area (Å²) in [5.74, 6) is 1.91. The molecule has 3 heterocycles. The number of likely N-dealkylation sites (N-methyl/N-ethyl adjacent to an activating group) is 1. The van der Waals surface area contributed by atoms with Crippen LogP contribution in [0.3, 0.4) is 0 Å². The van der Waals surface area contributed by atoms with E-state index in [0.717, 1.165) is 30.9 Å². The van der Waals surface area contributed by atoms with Gasteiger partial charge in [0.2, 0.25) is 11.8 Å². The standard InChI is InChI=1S/C19H27N5O2/c1-14(2)18-21-19(26-22-18)15-7-6-10-24(11-15)17(25)13-23(3)12-16-8-4-5-9-20-16/h4-5,8-9,14-15H,6-7,10-13H2,1-3H3/t15-/m1/s1. The Kier molecular flexibility index (Phi) is 5.98. The highest BCUT2D eigenvalue weighted by Crippen LogP contribution is 2.26. The molecule has 1 atom stereocenters. The molecule has 1 aliphatic heterocycles. The van der Waals surface area contributed by atoms with Gasteiger partial charge in [-0.25, -0.2) is 0 Å². The maximum Gasteiger partial charge on any atom is 0.236 e. The van der Waals surface area contributed by atoms with Crippen LogP contribution in [0.15, 0.2) is 28.9 Å². The van der Waals surface area contributed by atoms with Gasteiger partial charge in [-0.1, -0.05) is 25.1 Å². The largest absolute Gasteiger partial charge is 0.341 e. The van der Waals surface area contributed by atoms with Gasteiger partial charge in [-0.3, -0.25) is 14.7 Å². The molecular weight excluding hydrogens is 330 g/mol. The molecule has 2 aromatic heterocycles. The summed E-state index contributed by atoms with van der Waals surface area (Å²) in [5, 5.41) is 4.05. The fourth-order valence-electron chi connectivity index (χ4n) is 3.21. The highest BCUT2D eigenvalue weighted by atomic mass is 16.5. The number of piperidine rings is 1. The minimum Gasteiger partial charge on any atom is -0.341 e. The first-order valence-corrected chi connectivity index (χ1v) is 9.22. The summed E-state index contributed by atoms with van der Waals surface area (Å²) < 4.78 is 5.44. The molecule has 0 saturated carbocycles. The van der Waals surface area contributed by atoms with Gasteiger partial charge in [-0.15, -0.1) is 0 Å². The van der Waals surface area contributed by atoms with Crippen molar-refractivity contribution in [3.63, 3.8) is 0 Å². The van der Waals surface area contributed by atoms with Crippen LogP contribution >= 0.6 is 0 Å². The van der Waals surface area contributed by atoms with Crippen molar-refractivity contribution in [1.29, 1.82) is 0 Å². The topological polar surface area (TPSA) is 75.4 Å². The SMILES string of the molecule is CC(C)c1noc([C@@H]2CCCN(C(=O)CN(C)Cc3ccccn3)C2)n1. The van der Waals surface area contributed by atoms with E-state index in [0.29, 0.717) is 25.5 Å². The number of hydrogen-bond donors (Lipinski definition) is 0. The molecule has 0 bridgehead atoms. The van der Waals surface area contributed by atoms with Crippen LogP contribution in [0.5, 0.6) is 0 Å². The molecule has 0 spiro atoms. The predicted octanol–water partition coefficient (Wildman–Crippen LogP) is 2.43. The van der Waals surface area contributed by atoms with Crippen molar-refractivity contribution < 1.29 is 9.32 Å². The normalized spacial score (nSPS) is 17.9. The highest BCUT2D eigenvalue weighted by Gasteiger charge is 2.29. The van der Waals surface area contributed by atoms with Crippen molar-refractivity contribution in [1.82, 2.24) is 24.9 Å². The van der Waals surface area contributed by atoms with Gasteiger partial charge in [-0.2, -0.15) is 4.98 Å². The molecule has 0 aliphatic carbocycles. The van der Waals surface area contributed by atoms with Crippen LogP contribution in [0.1, 0.15) is 55.9 Å². The number of likely N-dealkylation sites (tertiary alicyclic amines) is 1. The third-order valence-electron chi connectivity index (χ3n) is 4.66. The Morgan fingerprint density at radius 2 is 2.27 bits per heavy atom. The third-order valence-corrected chi connectivity index (χ3v) is 4.66. The van der Waals surface area contributed by atoms with E-state index >= 15 is 0 Å². The zero-order valence-electron chi connectivity index (χ0n) is 15.8. The molecule has 7 heteroatoms. The van der Waals surface area contributed by atoms with Crippen LogP contribution < -0.4 is 0 Å². The molecular formula is C19H27N5O2. The number of nitrogens with zero attached hydrogens (tertiary/aromatic N) is 5. The Labute approximate surface area is 154 Å². The minimum absolute atomic E-state index is 0.133. The van der Waals surface area contributed by atoms with E-state index in [2.05, 4.69) is 15.1 Å². The lowest BCUT2D eigenvalue weighted by molar-refractivity contribution is -0.133. The molecule has 1 fully saturated rings. The Morgan fingerprint density at radius 1 is 1.42 bits per heavy atom. The van der Waals surface area contributed by atoms with E-state index in [1.54, 1.807) is 6.20 Å². The summed E-state index contributed by atoms with van der Waals surface area (Å²) >= 11 is 0. The third kappa shape index (κ3) is 4.66. The average molecular weight is 357 g/mol. The lowest BCUT2D eigenvalue weighted by atomic mass is 9.98. The van der Waals surface area contributed by atoms with Gasteiger partial charge in [0, 0.05) is 31.7 Å². The Balaban J connectivity index is 1.55. The van der Waals surface area contributed by atoms with Crippen LogP contribution in [0.25, 0.3) is 0 Å². The Morgan fingerprint density at radius 3 is 2.96 bits per heavy atom. The first-order valence-electron chi connectivity index (χ1n) is 9.22. The first kappa shape index (κ1) is 18.5. The van der Waals surface area contributed by atoms with Crippen LogP contribution in [-0.4, -0.2) is 57.5 Å². The molecule has 0 radical (unpaired) electrons. The van der Waals surface area contributed by atoms with Gasteiger partial charge >= 0.3 is 0 Å². The minimum atomic E-state index is 0.133. The van der Waals surface area contributed by atoms with Gasteiger partial charge < -0.3 is 9.42 Å². The van der Waals surface area contributed by atoms with Crippen LogP contribution in [-0.2, 0) is 11.3 Å². The number of carbonyl (C=O) groups is 1. The summed E-state index contributed by atoms with van der Waals surface area (Å²) in [6, 6.07) is 5.83. The molecule has 0 N–H and O–H groups in total. The van der Waals surface area contributed by atoms with Gasteiger partial charge in [0.25, 0.3) is 0 Å². The molecule has 26 heavy (non-hydrogen) atoms. The molecule has 7 nitrogen and oxygen atoms in total. The second-order valence-electron chi connectivity index (χ2n) is 7.32. The number of hydrogen-bond acceptors (Lipinski definition) is 6. The van der Waals surface area contributed by atoms with Crippen molar-refractivity contribution in [2.75, 3.05) is 26.7 Å². The zero-order chi connectivity index (χ0) is 18.5. The molecule has 2 aromatic rings. The molecule has 140 valence electrons. The van der Waals surface area contributed by atoms with Gasteiger partial charge in [0.05, 0.1) is 18.2 Å². The van der Waals surface area contributed by atoms with Crippen molar-refractivity contribution in [3.05, 3.63) is 41.8 Å². The lowest BCUT2D eigenvalue weighted by Gasteiger charge is -2.32. The van der Waals surface area contributed by atoms with E-state index < -0.39 is 0 Å². The van der Waals surface area contributed by atoms with E-state index in [9.17, 15) is 4.79 Å². The summed E-state index contributed by atoms with van der Waals surface area (Å²) in [6.45, 7) is 6.56. The summed E-state index contributed by atoms with van der Waals surface area (Å²) in [6.07, 6.45) is 3.71. The molecule has 1 amide bonds. The predicted molar refractivity (Wildman–Crippen MR) is 97.5 cm³/mol. The number of rotatable bonds is 6.